The van der Waals surface area contributed by atoms with Crippen LogP contribution in [0, 0.1) is 5.92 Å². The number of rotatable bonds is 17. The van der Waals surface area contributed by atoms with Gasteiger partial charge in [0.2, 0.25) is 11.8 Å². The maximum atomic E-state index is 14.2. The van der Waals surface area contributed by atoms with Crippen molar-refractivity contribution in [2.45, 2.75) is 82.7 Å². The Balaban J connectivity index is 1.58. The number of benzene rings is 4. The van der Waals surface area contributed by atoms with Crippen LogP contribution in [0.5, 0.6) is 0 Å². The predicted octanol–water partition coefficient (Wildman–Crippen LogP) is 5.39. The van der Waals surface area contributed by atoms with Gasteiger partial charge in [-0.3, -0.25) is 9.59 Å². The maximum absolute atomic E-state index is 14.2. The largest absolute Gasteiger partial charge is 0.444 e. The van der Waals surface area contributed by atoms with Gasteiger partial charge < -0.3 is 30.6 Å². The minimum atomic E-state index is -1.07. The van der Waals surface area contributed by atoms with Gasteiger partial charge in [0.1, 0.15) is 24.0 Å². The number of hydrogen-bond acceptors (Lipinski definition) is 6. The fourth-order valence-electron chi connectivity index (χ4n) is 5.85. The highest BCUT2D eigenvalue weighted by atomic mass is 16.6. The lowest BCUT2D eigenvalue weighted by atomic mass is 9.90. The lowest BCUT2D eigenvalue weighted by Gasteiger charge is -2.29. The molecular weight excluding hydrogens is 642 g/mol. The molecule has 9 nitrogen and oxygen atoms in total. The third-order valence-corrected chi connectivity index (χ3v) is 8.37. The molecule has 268 valence electrons. The second kappa shape index (κ2) is 19.2. The molecule has 0 heterocycles. The third kappa shape index (κ3) is 13.5. The molecule has 4 aromatic carbocycles. The number of carbonyl (C=O) groups excluding carboxylic acids is 4. The summed E-state index contributed by atoms with van der Waals surface area (Å²) in [4.78, 5) is 53.2. The van der Waals surface area contributed by atoms with Crippen LogP contribution in [0.2, 0.25) is 0 Å². The Labute approximate surface area is 300 Å². The first-order valence-electron chi connectivity index (χ1n) is 17.4. The molecule has 4 aromatic rings. The number of aliphatic hydroxyl groups excluding tert-OH is 1. The molecule has 0 saturated heterocycles. The van der Waals surface area contributed by atoms with Gasteiger partial charge in [0.15, 0.2) is 0 Å². The van der Waals surface area contributed by atoms with E-state index in [4.69, 9.17) is 4.74 Å². The Morgan fingerprint density at radius 3 is 1.43 bits per heavy atom. The highest BCUT2D eigenvalue weighted by Gasteiger charge is 2.32. The van der Waals surface area contributed by atoms with E-state index < -0.39 is 53.7 Å². The normalized spacial score (nSPS) is 14.2. The Hall–Kier alpha value is -5.28. The van der Waals surface area contributed by atoms with E-state index in [0.717, 1.165) is 28.5 Å². The summed E-state index contributed by atoms with van der Waals surface area (Å²) in [5.41, 5.74) is 2.69. The molecule has 0 aliphatic rings. The van der Waals surface area contributed by atoms with Crippen molar-refractivity contribution in [3.8, 4) is 0 Å². The lowest BCUT2D eigenvalue weighted by molar-refractivity contribution is -0.131. The Kier molecular flexibility index (Phi) is 14.5. The first kappa shape index (κ1) is 38.5. The molecule has 9 heteroatoms. The van der Waals surface area contributed by atoms with Gasteiger partial charge >= 0.3 is 6.09 Å². The van der Waals surface area contributed by atoms with Gasteiger partial charge in [-0.2, -0.15) is 0 Å². The third-order valence-electron chi connectivity index (χ3n) is 8.37. The van der Waals surface area contributed by atoms with Gasteiger partial charge in [0.05, 0.1) is 12.1 Å². The summed E-state index contributed by atoms with van der Waals surface area (Å²) < 4.78 is 5.46. The maximum Gasteiger partial charge on any atom is 0.408 e. The van der Waals surface area contributed by atoms with E-state index in [1.165, 1.54) is 0 Å². The average Bonchev–Trinajstić information content (AvgIpc) is 3.11. The monoisotopic (exact) mass is 691 g/mol. The summed E-state index contributed by atoms with van der Waals surface area (Å²) in [7, 11) is 0. The van der Waals surface area contributed by atoms with E-state index in [1.807, 2.05) is 121 Å². The Morgan fingerprint density at radius 1 is 0.608 bits per heavy atom. The zero-order chi connectivity index (χ0) is 36.6. The number of ether oxygens (including phenoxy) is 1. The highest BCUT2D eigenvalue weighted by molar-refractivity contribution is 5.91. The quantitative estimate of drug-likeness (QED) is 0.110. The standard InChI is InChI=1S/C42H49N3O6/c1-42(2,3)51-41(50)45-37(27-33-22-14-7-15-23-33)40(49)44-36(26-32-20-12-6-13-21-32)39(48)43-35(25-31-18-10-5-11-19-31)38(47)28-34(29-46)24-30-16-8-4-9-17-30/h4-23,29,34-38,47H,24-28H2,1-3H3,(H,43,48)(H,44,49)(H,45,50)/t34-,35+,36?,37?,38+/m1/s1. The van der Waals surface area contributed by atoms with Crippen LogP contribution in [0.25, 0.3) is 0 Å². The predicted molar refractivity (Wildman–Crippen MR) is 198 cm³/mol. The summed E-state index contributed by atoms with van der Waals surface area (Å²) in [5, 5.41) is 20.2. The molecule has 4 N–H and O–H groups in total. The number of amides is 3. The van der Waals surface area contributed by atoms with Crippen LogP contribution in [0.15, 0.2) is 121 Å². The van der Waals surface area contributed by atoms with Crippen molar-refractivity contribution in [2.75, 3.05) is 0 Å². The molecule has 0 spiro atoms. The topological polar surface area (TPSA) is 134 Å². The Bertz CT molecular complexity index is 1660. The number of aliphatic hydroxyl groups is 1. The fourth-order valence-corrected chi connectivity index (χ4v) is 5.85. The first-order chi connectivity index (χ1) is 24.5. The minimum Gasteiger partial charge on any atom is -0.444 e. The van der Waals surface area contributed by atoms with E-state index in [0.29, 0.717) is 12.8 Å². The minimum absolute atomic E-state index is 0.130. The van der Waals surface area contributed by atoms with Gasteiger partial charge in [-0.25, -0.2) is 4.79 Å². The van der Waals surface area contributed by atoms with E-state index in [-0.39, 0.29) is 19.3 Å². The molecule has 0 aliphatic heterocycles. The molecule has 3 amide bonds. The van der Waals surface area contributed by atoms with Crippen LogP contribution in [-0.4, -0.2) is 59.1 Å². The molecule has 51 heavy (non-hydrogen) atoms. The van der Waals surface area contributed by atoms with Crippen LogP contribution >= 0.6 is 0 Å². The van der Waals surface area contributed by atoms with Crippen molar-refractivity contribution >= 4 is 24.2 Å². The molecule has 2 unspecified atom stereocenters. The molecule has 0 saturated carbocycles. The molecule has 5 atom stereocenters. The number of nitrogens with one attached hydrogen (secondary N) is 3. The van der Waals surface area contributed by atoms with Gasteiger partial charge in [-0.05, 0) is 62.3 Å². The first-order valence-corrected chi connectivity index (χ1v) is 17.4. The second-order valence-corrected chi connectivity index (χ2v) is 13.8. The molecule has 0 radical (unpaired) electrons. The lowest BCUT2D eigenvalue weighted by Crippen LogP contribution is -2.58. The smallest absolute Gasteiger partial charge is 0.408 e. The van der Waals surface area contributed by atoms with Crippen molar-refractivity contribution in [1.82, 2.24) is 16.0 Å². The van der Waals surface area contributed by atoms with Gasteiger partial charge in [-0.15, -0.1) is 0 Å². The van der Waals surface area contributed by atoms with Gasteiger partial charge in [-0.1, -0.05) is 121 Å². The van der Waals surface area contributed by atoms with Crippen molar-refractivity contribution in [2.24, 2.45) is 5.92 Å². The van der Waals surface area contributed by atoms with Crippen molar-refractivity contribution < 1.29 is 29.0 Å². The molecule has 4 rings (SSSR count). The zero-order valence-corrected chi connectivity index (χ0v) is 29.5. The van der Waals surface area contributed by atoms with E-state index in [1.54, 1.807) is 20.8 Å². The molecule has 0 aromatic heterocycles. The summed E-state index contributed by atoms with van der Waals surface area (Å²) in [6.45, 7) is 5.20. The Morgan fingerprint density at radius 2 is 1.00 bits per heavy atom. The van der Waals surface area contributed by atoms with Gasteiger partial charge in [0.25, 0.3) is 0 Å². The number of hydrogen-bond donors (Lipinski definition) is 4. The van der Waals surface area contributed by atoms with Crippen LogP contribution < -0.4 is 16.0 Å². The second-order valence-electron chi connectivity index (χ2n) is 13.8. The van der Waals surface area contributed by atoms with Crippen LogP contribution in [-0.2, 0) is 44.8 Å². The van der Waals surface area contributed by atoms with Crippen LogP contribution in [0.1, 0.15) is 49.4 Å². The van der Waals surface area contributed by atoms with Crippen LogP contribution in [0.3, 0.4) is 0 Å². The molecule has 0 fully saturated rings. The SMILES string of the molecule is CC(C)(C)OC(=O)NC(Cc1ccccc1)C(=O)NC(Cc1ccccc1)C(=O)N[C@@H](Cc1ccccc1)[C@@H](O)C[C@H](C=O)Cc1ccccc1. The van der Waals surface area contributed by atoms with E-state index in [9.17, 15) is 24.3 Å². The number of aldehydes is 1. The van der Waals surface area contributed by atoms with Crippen molar-refractivity contribution in [3.63, 3.8) is 0 Å². The van der Waals surface area contributed by atoms with Crippen molar-refractivity contribution in [1.29, 1.82) is 0 Å². The summed E-state index contributed by atoms with van der Waals surface area (Å²) in [6, 6.07) is 34.7. The van der Waals surface area contributed by atoms with Gasteiger partial charge in [0, 0.05) is 18.8 Å². The molecule has 0 bridgehead atoms. The van der Waals surface area contributed by atoms with Crippen molar-refractivity contribution in [3.05, 3.63) is 144 Å². The summed E-state index contributed by atoms with van der Waals surface area (Å²) >= 11 is 0. The average molecular weight is 692 g/mol. The fraction of sp³-hybridized carbons (Fsp3) is 0.333. The number of carbonyl (C=O) groups is 4. The molecular formula is C42H49N3O6. The van der Waals surface area contributed by atoms with E-state index in [2.05, 4.69) is 16.0 Å². The van der Waals surface area contributed by atoms with E-state index >= 15 is 0 Å². The summed E-state index contributed by atoms with van der Waals surface area (Å²) in [6.07, 6.45) is 0.221. The zero-order valence-electron chi connectivity index (χ0n) is 29.5. The highest BCUT2D eigenvalue weighted by Crippen LogP contribution is 2.18. The molecule has 0 aliphatic carbocycles. The van der Waals surface area contributed by atoms with Crippen LogP contribution in [0.4, 0.5) is 4.79 Å². The summed E-state index contributed by atoms with van der Waals surface area (Å²) in [5.74, 6) is -1.55. The number of alkyl carbamates (subject to hydrolysis) is 1.